The van der Waals surface area contributed by atoms with Crippen molar-refractivity contribution in [1.29, 1.82) is 0 Å². The molecule has 1 heterocycles. The highest BCUT2D eigenvalue weighted by molar-refractivity contribution is 9.10. The zero-order valence-corrected chi connectivity index (χ0v) is 12.5. The molecular weight excluding hydrogens is 322 g/mol. The van der Waals surface area contributed by atoms with Gasteiger partial charge in [-0.05, 0) is 43.0 Å². The monoisotopic (exact) mass is 337 g/mol. The van der Waals surface area contributed by atoms with E-state index in [4.69, 9.17) is 5.11 Å². The molecule has 0 aromatic heterocycles. The minimum absolute atomic E-state index is 0.236. The van der Waals surface area contributed by atoms with Crippen LogP contribution in [-0.2, 0) is 9.59 Å². The molecule has 20 heavy (non-hydrogen) atoms. The van der Waals surface area contributed by atoms with Crippen LogP contribution in [0.5, 0.6) is 0 Å². The van der Waals surface area contributed by atoms with Crippen molar-refractivity contribution in [1.82, 2.24) is 4.90 Å². The first-order valence-corrected chi connectivity index (χ1v) is 7.34. The molecule has 1 aliphatic heterocycles. The van der Waals surface area contributed by atoms with Gasteiger partial charge in [0.2, 0.25) is 5.91 Å². The largest absolute Gasteiger partial charge is 0.480 e. The predicted octanol–water partition coefficient (Wildman–Crippen LogP) is 2.93. The number of carbonyl (C=O) groups is 2. The molecule has 1 N–H and O–H groups in total. The number of amides is 1. The first-order chi connectivity index (χ1) is 9.58. The maximum Gasteiger partial charge on any atom is 0.326 e. The third-order valence-electron chi connectivity index (χ3n) is 3.36. The van der Waals surface area contributed by atoms with E-state index in [9.17, 15) is 9.59 Å². The van der Waals surface area contributed by atoms with Gasteiger partial charge in [-0.25, -0.2) is 4.79 Å². The predicted molar refractivity (Wildman–Crippen MR) is 80.2 cm³/mol. The Morgan fingerprint density at radius 2 is 1.95 bits per heavy atom. The first kappa shape index (κ1) is 14.8. The summed E-state index contributed by atoms with van der Waals surface area (Å²) in [5, 5.41) is 9.15. The Balaban J connectivity index is 2.06. The number of aliphatic carboxylic acids is 1. The van der Waals surface area contributed by atoms with Crippen molar-refractivity contribution in [2.75, 3.05) is 6.54 Å². The van der Waals surface area contributed by atoms with Gasteiger partial charge < -0.3 is 10.0 Å². The number of nitrogens with zero attached hydrogens (tertiary/aromatic N) is 1. The van der Waals surface area contributed by atoms with Crippen molar-refractivity contribution in [3.63, 3.8) is 0 Å². The summed E-state index contributed by atoms with van der Waals surface area (Å²) < 4.78 is 0.975. The van der Waals surface area contributed by atoms with E-state index < -0.39 is 12.0 Å². The van der Waals surface area contributed by atoms with Crippen molar-refractivity contribution >= 4 is 33.9 Å². The molecule has 0 saturated carbocycles. The van der Waals surface area contributed by atoms with Gasteiger partial charge in [-0.2, -0.15) is 0 Å². The molecule has 1 aromatic rings. The number of benzene rings is 1. The molecule has 2 rings (SSSR count). The van der Waals surface area contributed by atoms with Crippen LogP contribution in [0.4, 0.5) is 0 Å². The maximum absolute atomic E-state index is 12.1. The number of likely N-dealkylation sites (tertiary alicyclic amines) is 1. The van der Waals surface area contributed by atoms with Crippen LogP contribution >= 0.6 is 15.9 Å². The van der Waals surface area contributed by atoms with Crippen molar-refractivity contribution in [2.45, 2.75) is 25.3 Å². The second kappa shape index (κ2) is 6.70. The molecule has 106 valence electrons. The summed E-state index contributed by atoms with van der Waals surface area (Å²) in [6, 6.07) is 6.87. The summed E-state index contributed by atoms with van der Waals surface area (Å²) in [7, 11) is 0. The summed E-state index contributed by atoms with van der Waals surface area (Å²) in [4.78, 5) is 24.7. The van der Waals surface area contributed by atoms with Gasteiger partial charge in [0, 0.05) is 17.1 Å². The quantitative estimate of drug-likeness (QED) is 0.862. The van der Waals surface area contributed by atoms with Crippen LogP contribution < -0.4 is 0 Å². The molecule has 4 nitrogen and oxygen atoms in total. The molecule has 1 amide bonds. The lowest BCUT2D eigenvalue weighted by Gasteiger charge is -2.32. The minimum atomic E-state index is -0.921. The highest BCUT2D eigenvalue weighted by atomic mass is 79.9. The van der Waals surface area contributed by atoms with Crippen LogP contribution in [0.2, 0.25) is 0 Å². The Morgan fingerprint density at radius 3 is 2.60 bits per heavy atom. The molecule has 1 saturated heterocycles. The highest BCUT2D eigenvalue weighted by Crippen LogP contribution is 2.18. The molecule has 5 heteroatoms. The fraction of sp³-hybridized carbons (Fsp3) is 0.333. The van der Waals surface area contributed by atoms with Crippen molar-refractivity contribution in [3.05, 3.63) is 40.4 Å². The van der Waals surface area contributed by atoms with E-state index in [0.717, 1.165) is 22.9 Å². The third kappa shape index (κ3) is 3.70. The van der Waals surface area contributed by atoms with Crippen LogP contribution in [0.1, 0.15) is 24.8 Å². The zero-order chi connectivity index (χ0) is 14.5. The molecule has 0 aliphatic carbocycles. The number of hydrogen-bond acceptors (Lipinski definition) is 2. The molecule has 1 fully saturated rings. The van der Waals surface area contributed by atoms with E-state index in [2.05, 4.69) is 15.9 Å². The lowest BCUT2D eigenvalue weighted by molar-refractivity contribution is -0.150. The number of rotatable bonds is 3. The van der Waals surface area contributed by atoms with Gasteiger partial charge in [-0.3, -0.25) is 4.79 Å². The van der Waals surface area contributed by atoms with Gasteiger partial charge in [-0.1, -0.05) is 28.1 Å². The second-order valence-corrected chi connectivity index (χ2v) is 5.68. The van der Waals surface area contributed by atoms with Gasteiger partial charge in [0.1, 0.15) is 6.04 Å². The number of carboxylic acids is 1. The first-order valence-electron chi connectivity index (χ1n) is 6.55. The third-order valence-corrected chi connectivity index (χ3v) is 3.89. The van der Waals surface area contributed by atoms with Crippen LogP contribution in [0.3, 0.4) is 0 Å². The van der Waals surface area contributed by atoms with Gasteiger partial charge in [0.05, 0.1) is 0 Å². The number of carboxylic acid groups (broad SMARTS) is 1. The van der Waals surface area contributed by atoms with Gasteiger partial charge in [-0.15, -0.1) is 0 Å². The van der Waals surface area contributed by atoms with E-state index in [1.807, 2.05) is 24.3 Å². The molecule has 1 aliphatic rings. The van der Waals surface area contributed by atoms with Gasteiger partial charge in [0.25, 0.3) is 0 Å². The van der Waals surface area contributed by atoms with E-state index in [0.29, 0.717) is 13.0 Å². The fourth-order valence-electron chi connectivity index (χ4n) is 2.29. The van der Waals surface area contributed by atoms with Crippen LogP contribution in [0.15, 0.2) is 34.8 Å². The Hall–Kier alpha value is -1.62. The summed E-state index contributed by atoms with van der Waals surface area (Å²) in [6.07, 6.45) is 5.42. The van der Waals surface area contributed by atoms with Gasteiger partial charge in [0.15, 0.2) is 0 Å². The lowest BCUT2D eigenvalue weighted by Crippen LogP contribution is -2.47. The standard InChI is InChI=1S/C15H16BrNO3/c16-12-7-4-11(5-8-12)6-9-14(18)17-10-2-1-3-13(17)15(19)20/h4-9,13H,1-3,10H2,(H,19,20)/t13-/m1/s1. The topological polar surface area (TPSA) is 57.6 Å². The number of halogens is 1. The smallest absolute Gasteiger partial charge is 0.326 e. The molecule has 0 bridgehead atoms. The Kier molecular flexibility index (Phi) is 4.95. The summed E-state index contributed by atoms with van der Waals surface area (Å²) >= 11 is 3.35. The summed E-state index contributed by atoms with van der Waals surface area (Å²) in [6.45, 7) is 0.514. The molecule has 0 unspecified atom stereocenters. The highest BCUT2D eigenvalue weighted by Gasteiger charge is 2.30. The van der Waals surface area contributed by atoms with E-state index in [1.165, 1.54) is 11.0 Å². The summed E-state index contributed by atoms with van der Waals surface area (Å²) in [5.74, 6) is -1.16. The summed E-state index contributed by atoms with van der Waals surface area (Å²) in [5.41, 5.74) is 0.908. The second-order valence-electron chi connectivity index (χ2n) is 4.77. The Bertz CT molecular complexity index is 524. The fourth-order valence-corrected chi connectivity index (χ4v) is 2.55. The Morgan fingerprint density at radius 1 is 1.25 bits per heavy atom. The van der Waals surface area contributed by atoms with E-state index >= 15 is 0 Å². The maximum atomic E-state index is 12.1. The lowest BCUT2D eigenvalue weighted by atomic mass is 10.0. The SMILES string of the molecule is O=C(O)[C@H]1CCCCN1C(=O)C=Cc1ccc(Br)cc1. The number of piperidine rings is 1. The molecule has 1 atom stereocenters. The number of carbonyl (C=O) groups excluding carboxylic acids is 1. The van der Waals surface area contributed by atoms with Crippen molar-refractivity contribution in [3.8, 4) is 0 Å². The zero-order valence-electron chi connectivity index (χ0n) is 11.0. The van der Waals surface area contributed by atoms with Crippen LogP contribution in [0.25, 0.3) is 6.08 Å². The average Bonchev–Trinajstić information content (AvgIpc) is 2.46. The van der Waals surface area contributed by atoms with Crippen LogP contribution in [0, 0.1) is 0 Å². The minimum Gasteiger partial charge on any atom is -0.480 e. The number of hydrogen-bond donors (Lipinski definition) is 1. The van der Waals surface area contributed by atoms with Gasteiger partial charge >= 0.3 is 5.97 Å². The average molecular weight is 338 g/mol. The Labute approximate surface area is 126 Å². The normalized spacial score (nSPS) is 19.2. The molecule has 0 spiro atoms. The molecule has 1 aromatic carbocycles. The van der Waals surface area contributed by atoms with E-state index in [1.54, 1.807) is 6.08 Å². The molecule has 0 radical (unpaired) electrons. The van der Waals surface area contributed by atoms with Crippen molar-refractivity contribution < 1.29 is 14.7 Å². The molecular formula is C15H16BrNO3. The van der Waals surface area contributed by atoms with E-state index in [-0.39, 0.29) is 5.91 Å². The van der Waals surface area contributed by atoms with Crippen LogP contribution in [-0.4, -0.2) is 34.5 Å². The van der Waals surface area contributed by atoms with Crippen molar-refractivity contribution in [2.24, 2.45) is 0 Å².